The van der Waals surface area contributed by atoms with Crippen molar-refractivity contribution in [3.8, 4) is 5.75 Å². The van der Waals surface area contributed by atoms with Gasteiger partial charge in [-0.1, -0.05) is 13.3 Å². The van der Waals surface area contributed by atoms with E-state index in [1.165, 1.54) is 0 Å². The number of benzene rings is 1. The molecule has 1 amide bonds. The molecular weight excluding hydrogens is 280 g/mol. The van der Waals surface area contributed by atoms with E-state index in [-0.39, 0.29) is 0 Å². The largest absolute Gasteiger partial charge is 0.495 e. The monoisotopic (exact) mass is 308 g/mol. The highest BCUT2D eigenvalue weighted by atomic mass is 16.6. The molecule has 0 fully saturated rings. The Balaban J connectivity index is 2.85. The van der Waals surface area contributed by atoms with Gasteiger partial charge in [0.25, 0.3) is 0 Å². The van der Waals surface area contributed by atoms with Gasteiger partial charge in [0.1, 0.15) is 11.4 Å². The smallest absolute Gasteiger partial charge is 0.412 e. The second-order valence-electron chi connectivity index (χ2n) is 6.38. The van der Waals surface area contributed by atoms with Crippen LogP contribution in [0.3, 0.4) is 0 Å². The lowest BCUT2D eigenvalue weighted by Crippen LogP contribution is -2.27. The van der Waals surface area contributed by atoms with E-state index >= 15 is 0 Å². The number of amides is 1. The number of carbonyl (C=O) groups is 1. The fourth-order valence-corrected chi connectivity index (χ4v) is 2.10. The van der Waals surface area contributed by atoms with Gasteiger partial charge in [0, 0.05) is 11.7 Å². The van der Waals surface area contributed by atoms with Gasteiger partial charge in [-0.25, -0.2) is 4.79 Å². The summed E-state index contributed by atoms with van der Waals surface area (Å²) in [6, 6.07) is 5.99. The first kappa shape index (κ1) is 18.1. The number of rotatable bonds is 6. The Morgan fingerprint density at radius 3 is 2.55 bits per heavy atom. The molecule has 1 rings (SSSR count). The van der Waals surface area contributed by atoms with E-state index in [1.54, 1.807) is 7.11 Å². The average Bonchev–Trinajstić information content (AvgIpc) is 2.37. The standard InChI is InChI=1S/C17H28N2O3/c1-7-8-12(2)18-13-9-10-15(21-6)14(11-13)19-16(20)22-17(3,4)5/h9-12,18H,7-8H2,1-6H3,(H,19,20). The third kappa shape index (κ3) is 6.24. The Kier molecular flexibility index (Phi) is 6.53. The molecule has 1 aromatic rings. The number of anilines is 2. The van der Waals surface area contributed by atoms with Gasteiger partial charge < -0.3 is 14.8 Å². The van der Waals surface area contributed by atoms with Gasteiger partial charge in [-0.2, -0.15) is 0 Å². The van der Waals surface area contributed by atoms with Gasteiger partial charge in [-0.05, 0) is 52.3 Å². The number of hydrogen-bond donors (Lipinski definition) is 2. The lowest BCUT2D eigenvalue weighted by atomic mass is 10.1. The molecule has 1 aromatic carbocycles. The Bertz CT molecular complexity index is 495. The molecule has 0 aliphatic rings. The minimum absolute atomic E-state index is 0.368. The Hall–Kier alpha value is -1.91. The van der Waals surface area contributed by atoms with Crippen LogP contribution in [0.15, 0.2) is 18.2 Å². The van der Waals surface area contributed by atoms with Crippen LogP contribution >= 0.6 is 0 Å². The van der Waals surface area contributed by atoms with Crippen molar-refractivity contribution in [1.82, 2.24) is 0 Å². The van der Waals surface area contributed by atoms with Crippen LogP contribution in [0.4, 0.5) is 16.2 Å². The summed E-state index contributed by atoms with van der Waals surface area (Å²) >= 11 is 0. The van der Waals surface area contributed by atoms with Crippen molar-refractivity contribution >= 4 is 17.5 Å². The fourth-order valence-electron chi connectivity index (χ4n) is 2.10. The second kappa shape index (κ2) is 7.92. The zero-order valence-electron chi connectivity index (χ0n) is 14.4. The third-order valence-electron chi connectivity index (χ3n) is 2.97. The van der Waals surface area contributed by atoms with E-state index in [2.05, 4.69) is 24.5 Å². The van der Waals surface area contributed by atoms with Gasteiger partial charge >= 0.3 is 6.09 Å². The Morgan fingerprint density at radius 2 is 2.00 bits per heavy atom. The average molecular weight is 308 g/mol. The molecule has 0 aliphatic carbocycles. The highest BCUT2D eigenvalue weighted by molar-refractivity contribution is 5.88. The van der Waals surface area contributed by atoms with E-state index in [9.17, 15) is 4.79 Å². The molecule has 1 unspecified atom stereocenters. The van der Waals surface area contributed by atoms with Crippen molar-refractivity contribution in [1.29, 1.82) is 0 Å². The zero-order chi connectivity index (χ0) is 16.8. The molecule has 0 bridgehead atoms. The minimum atomic E-state index is -0.539. The van der Waals surface area contributed by atoms with E-state index in [1.807, 2.05) is 39.0 Å². The maximum absolute atomic E-state index is 11.9. The van der Waals surface area contributed by atoms with Gasteiger partial charge in [-0.15, -0.1) is 0 Å². The maximum Gasteiger partial charge on any atom is 0.412 e. The number of carbonyl (C=O) groups excluding carboxylic acids is 1. The predicted molar refractivity (Wildman–Crippen MR) is 90.8 cm³/mol. The van der Waals surface area contributed by atoms with E-state index in [0.717, 1.165) is 18.5 Å². The quantitative estimate of drug-likeness (QED) is 0.803. The van der Waals surface area contributed by atoms with Crippen LogP contribution < -0.4 is 15.4 Å². The summed E-state index contributed by atoms with van der Waals surface area (Å²) in [4.78, 5) is 11.9. The number of ether oxygens (including phenoxy) is 2. The number of hydrogen-bond acceptors (Lipinski definition) is 4. The molecule has 0 saturated heterocycles. The third-order valence-corrected chi connectivity index (χ3v) is 2.97. The summed E-state index contributed by atoms with van der Waals surface area (Å²) in [5.41, 5.74) is 0.987. The van der Waals surface area contributed by atoms with E-state index < -0.39 is 11.7 Å². The maximum atomic E-state index is 11.9. The number of nitrogens with one attached hydrogen (secondary N) is 2. The van der Waals surface area contributed by atoms with Crippen molar-refractivity contribution < 1.29 is 14.3 Å². The molecule has 1 atom stereocenters. The van der Waals surface area contributed by atoms with Gasteiger partial charge in [-0.3, -0.25) is 5.32 Å². The summed E-state index contributed by atoms with van der Waals surface area (Å²) in [6.07, 6.45) is 1.71. The normalized spacial score (nSPS) is 12.5. The number of methoxy groups -OCH3 is 1. The highest BCUT2D eigenvalue weighted by Gasteiger charge is 2.17. The summed E-state index contributed by atoms with van der Waals surface area (Å²) in [7, 11) is 1.57. The van der Waals surface area contributed by atoms with Crippen LogP contribution in [0, 0.1) is 0 Å². The molecule has 0 aliphatic heterocycles. The van der Waals surface area contributed by atoms with Crippen molar-refractivity contribution in [3.63, 3.8) is 0 Å². The molecule has 0 spiro atoms. The molecule has 0 aromatic heterocycles. The SMILES string of the molecule is CCCC(C)Nc1ccc(OC)c(NC(=O)OC(C)(C)C)c1. The van der Waals surface area contributed by atoms with Crippen molar-refractivity contribution in [2.24, 2.45) is 0 Å². The van der Waals surface area contributed by atoms with Crippen molar-refractivity contribution in [3.05, 3.63) is 18.2 Å². The zero-order valence-corrected chi connectivity index (χ0v) is 14.4. The van der Waals surface area contributed by atoms with Gasteiger partial charge in [0.15, 0.2) is 0 Å². The minimum Gasteiger partial charge on any atom is -0.495 e. The summed E-state index contributed by atoms with van der Waals surface area (Å²) < 4.78 is 10.6. The van der Waals surface area contributed by atoms with Gasteiger partial charge in [0.2, 0.25) is 0 Å². The summed E-state index contributed by atoms with van der Waals surface area (Å²) in [5, 5.41) is 6.15. The molecule has 22 heavy (non-hydrogen) atoms. The lowest BCUT2D eigenvalue weighted by molar-refractivity contribution is 0.0635. The first-order valence-corrected chi connectivity index (χ1v) is 7.69. The Labute approximate surface area is 133 Å². The van der Waals surface area contributed by atoms with Crippen LogP contribution in [0.2, 0.25) is 0 Å². The topological polar surface area (TPSA) is 59.6 Å². The van der Waals surface area contributed by atoms with Crippen molar-refractivity contribution in [2.75, 3.05) is 17.7 Å². The molecule has 0 saturated carbocycles. The van der Waals surface area contributed by atoms with E-state index in [0.29, 0.717) is 17.5 Å². The highest BCUT2D eigenvalue weighted by Crippen LogP contribution is 2.29. The van der Waals surface area contributed by atoms with Crippen LogP contribution in [0.25, 0.3) is 0 Å². The van der Waals surface area contributed by atoms with Gasteiger partial charge in [0.05, 0.1) is 12.8 Å². The lowest BCUT2D eigenvalue weighted by Gasteiger charge is -2.21. The van der Waals surface area contributed by atoms with Crippen LogP contribution in [0.5, 0.6) is 5.75 Å². The van der Waals surface area contributed by atoms with E-state index in [4.69, 9.17) is 9.47 Å². The fraction of sp³-hybridized carbons (Fsp3) is 0.588. The molecule has 124 valence electrons. The van der Waals surface area contributed by atoms with Crippen molar-refractivity contribution in [2.45, 2.75) is 59.1 Å². The van der Waals surface area contributed by atoms with Crippen LogP contribution in [-0.4, -0.2) is 24.8 Å². The first-order chi connectivity index (χ1) is 10.2. The first-order valence-electron chi connectivity index (χ1n) is 7.69. The van der Waals surface area contributed by atoms with Crippen LogP contribution in [0.1, 0.15) is 47.5 Å². The molecule has 5 nitrogen and oxygen atoms in total. The Morgan fingerprint density at radius 1 is 1.32 bits per heavy atom. The van der Waals surface area contributed by atoms with Crippen LogP contribution in [-0.2, 0) is 4.74 Å². The predicted octanol–water partition coefficient (Wildman–Crippen LogP) is 4.64. The molecular formula is C17H28N2O3. The molecule has 5 heteroatoms. The second-order valence-corrected chi connectivity index (χ2v) is 6.38. The molecule has 0 radical (unpaired) electrons. The molecule has 0 heterocycles. The summed E-state index contributed by atoms with van der Waals surface area (Å²) in [5.74, 6) is 0.597. The summed E-state index contributed by atoms with van der Waals surface area (Å²) in [6.45, 7) is 9.77. The molecule has 2 N–H and O–H groups in total.